The zero-order chi connectivity index (χ0) is 18.4. The monoisotopic (exact) mass is 382 g/mol. The topological polar surface area (TPSA) is 79.8 Å². The Morgan fingerprint density at radius 1 is 1.19 bits per heavy atom. The lowest BCUT2D eigenvalue weighted by atomic mass is 10.2. The molecular formula is C18H12ClFN6O. The first kappa shape index (κ1) is 16.0. The highest BCUT2D eigenvalue weighted by Gasteiger charge is 2.25. The van der Waals surface area contributed by atoms with Crippen LogP contribution in [0.4, 0.5) is 15.9 Å². The Kier molecular flexibility index (Phi) is 3.64. The van der Waals surface area contributed by atoms with Gasteiger partial charge >= 0.3 is 0 Å². The predicted octanol–water partition coefficient (Wildman–Crippen LogP) is 3.74. The minimum absolute atomic E-state index is 0.235. The molecule has 0 unspecified atom stereocenters. The standard InChI is InChI=1S/C18H12ClFN6O/c19-10-1-2-13(20)11(7-10)16-22-9-15-18(24-16)26(5-6-27-15)14-3-4-21-17-12(14)8-23-25-17/h1-4,7-9H,5-6H2,(H,21,23,25). The van der Waals surface area contributed by atoms with Gasteiger partial charge in [-0.25, -0.2) is 19.3 Å². The van der Waals surface area contributed by atoms with Crippen LogP contribution in [0.25, 0.3) is 22.4 Å². The van der Waals surface area contributed by atoms with Crippen LogP contribution in [0.3, 0.4) is 0 Å². The van der Waals surface area contributed by atoms with Gasteiger partial charge in [0.25, 0.3) is 0 Å². The molecule has 4 heterocycles. The van der Waals surface area contributed by atoms with E-state index < -0.39 is 5.82 Å². The maximum atomic E-state index is 14.3. The molecule has 1 aromatic carbocycles. The van der Waals surface area contributed by atoms with Gasteiger partial charge in [-0.3, -0.25) is 5.10 Å². The summed E-state index contributed by atoms with van der Waals surface area (Å²) in [7, 11) is 0. The van der Waals surface area contributed by atoms with Crippen molar-refractivity contribution < 1.29 is 9.13 Å². The fourth-order valence-corrected chi connectivity index (χ4v) is 3.29. The van der Waals surface area contributed by atoms with Crippen molar-refractivity contribution in [3.8, 4) is 17.1 Å². The smallest absolute Gasteiger partial charge is 0.180 e. The normalized spacial score (nSPS) is 13.5. The number of nitrogens with zero attached hydrogens (tertiary/aromatic N) is 5. The Labute approximate surface area is 157 Å². The minimum atomic E-state index is -0.441. The highest BCUT2D eigenvalue weighted by Crippen LogP contribution is 2.38. The van der Waals surface area contributed by atoms with Gasteiger partial charge in [0, 0.05) is 11.2 Å². The van der Waals surface area contributed by atoms with Crippen molar-refractivity contribution in [1.82, 2.24) is 25.1 Å². The quantitative estimate of drug-likeness (QED) is 0.569. The third-order valence-electron chi connectivity index (χ3n) is 4.36. The molecule has 1 aliphatic rings. The molecule has 0 aliphatic carbocycles. The van der Waals surface area contributed by atoms with E-state index in [-0.39, 0.29) is 11.4 Å². The third-order valence-corrected chi connectivity index (χ3v) is 4.59. The molecule has 5 rings (SSSR count). The maximum absolute atomic E-state index is 14.3. The summed E-state index contributed by atoms with van der Waals surface area (Å²) in [4.78, 5) is 15.1. The lowest BCUT2D eigenvalue weighted by molar-refractivity contribution is 0.310. The number of hydrogen-bond acceptors (Lipinski definition) is 6. The molecule has 0 radical (unpaired) electrons. The van der Waals surface area contributed by atoms with Gasteiger partial charge < -0.3 is 9.64 Å². The van der Waals surface area contributed by atoms with Gasteiger partial charge in [0.05, 0.1) is 35.6 Å². The molecule has 27 heavy (non-hydrogen) atoms. The first-order valence-corrected chi connectivity index (χ1v) is 8.59. The van der Waals surface area contributed by atoms with Crippen LogP contribution in [0.5, 0.6) is 5.75 Å². The number of fused-ring (bicyclic) bond motifs is 2. The van der Waals surface area contributed by atoms with Crippen LogP contribution in [0, 0.1) is 5.82 Å². The molecule has 134 valence electrons. The molecule has 0 fully saturated rings. The number of H-pyrrole nitrogens is 1. The molecule has 1 aliphatic heterocycles. The van der Waals surface area contributed by atoms with Gasteiger partial charge in [0.15, 0.2) is 23.0 Å². The van der Waals surface area contributed by atoms with Crippen LogP contribution in [0.2, 0.25) is 5.02 Å². The first-order valence-electron chi connectivity index (χ1n) is 8.21. The third kappa shape index (κ3) is 2.65. The number of pyridine rings is 1. The molecule has 0 spiro atoms. The molecule has 0 amide bonds. The van der Waals surface area contributed by atoms with Crippen molar-refractivity contribution in [1.29, 1.82) is 0 Å². The molecule has 0 bridgehead atoms. The van der Waals surface area contributed by atoms with Gasteiger partial charge in [-0.05, 0) is 24.3 Å². The predicted molar refractivity (Wildman–Crippen MR) is 98.8 cm³/mol. The molecule has 1 N–H and O–H groups in total. The van der Waals surface area contributed by atoms with Crippen molar-refractivity contribution in [2.45, 2.75) is 0 Å². The van der Waals surface area contributed by atoms with E-state index in [1.54, 1.807) is 18.6 Å². The van der Waals surface area contributed by atoms with Gasteiger partial charge in [0.2, 0.25) is 0 Å². The summed E-state index contributed by atoms with van der Waals surface area (Å²) in [5, 5.41) is 8.19. The largest absolute Gasteiger partial charge is 0.486 e. The number of aromatic nitrogens is 5. The van der Waals surface area contributed by atoms with E-state index in [1.165, 1.54) is 18.2 Å². The second-order valence-corrected chi connectivity index (χ2v) is 6.40. The van der Waals surface area contributed by atoms with Gasteiger partial charge in [0.1, 0.15) is 12.4 Å². The van der Waals surface area contributed by atoms with Crippen LogP contribution in [-0.4, -0.2) is 38.3 Å². The van der Waals surface area contributed by atoms with Crippen molar-refractivity contribution >= 4 is 34.1 Å². The van der Waals surface area contributed by atoms with Gasteiger partial charge in [-0.1, -0.05) is 11.6 Å². The number of nitrogens with one attached hydrogen (secondary N) is 1. The fraction of sp³-hybridized carbons (Fsp3) is 0.111. The van der Waals surface area contributed by atoms with Crippen molar-refractivity contribution in [3.05, 3.63) is 53.7 Å². The van der Waals surface area contributed by atoms with Crippen LogP contribution in [-0.2, 0) is 0 Å². The molecule has 0 saturated carbocycles. The zero-order valence-corrected chi connectivity index (χ0v) is 14.6. The maximum Gasteiger partial charge on any atom is 0.180 e. The number of aromatic amines is 1. The van der Waals surface area contributed by atoms with Crippen molar-refractivity contribution in [3.63, 3.8) is 0 Å². The van der Waals surface area contributed by atoms with E-state index in [1.807, 2.05) is 11.0 Å². The van der Waals surface area contributed by atoms with Gasteiger partial charge in [-0.2, -0.15) is 5.10 Å². The molecule has 0 saturated heterocycles. The van der Waals surface area contributed by atoms with E-state index in [0.29, 0.717) is 35.4 Å². The Bertz CT molecular complexity index is 1160. The lowest BCUT2D eigenvalue weighted by Crippen LogP contribution is -2.30. The molecule has 9 heteroatoms. The van der Waals surface area contributed by atoms with E-state index in [2.05, 4.69) is 25.1 Å². The number of anilines is 2. The molecule has 7 nitrogen and oxygen atoms in total. The summed E-state index contributed by atoms with van der Waals surface area (Å²) in [5.41, 5.74) is 1.80. The molecule has 4 aromatic rings. The number of ether oxygens (including phenoxy) is 1. The Hall–Kier alpha value is -3.26. The Morgan fingerprint density at radius 2 is 2.11 bits per heavy atom. The second-order valence-electron chi connectivity index (χ2n) is 5.97. The number of rotatable bonds is 2. The molecule has 3 aromatic heterocycles. The minimum Gasteiger partial charge on any atom is -0.486 e. The van der Waals surface area contributed by atoms with E-state index in [9.17, 15) is 4.39 Å². The summed E-state index contributed by atoms with van der Waals surface area (Å²) < 4.78 is 20.0. The SMILES string of the molecule is Fc1ccc(Cl)cc1-c1ncc2c(n1)N(c1ccnc3[nH]ncc13)CCO2. The zero-order valence-electron chi connectivity index (χ0n) is 13.9. The summed E-state index contributed by atoms with van der Waals surface area (Å²) >= 11 is 6.01. The summed E-state index contributed by atoms with van der Waals surface area (Å²) in [6.45, 7) is 1.05. The lowest BCUT2D eigenvalue weighted by Gasteiger charge is -2.30. The Morgan fingerprint density at radius 3 is 3.04 bits per heavy atom. The molecular weight excluding hydrogens is 371 g/mol. The first-order chi connectivity index (χ1) is 13.2. The highest BCUT2D eigenvalue weighted by molar-refractivity contribution is 6.30. The summed E-state index contributed by atoms with van der Waals surface area (Å²) in [5.74, 6) is 0.880. The average molecular weight is 383 g/mol. The number of benzene rings is 1. The summed E-state index contributed by atoms with van der Waals surface area (Å²) in [6.07, 6.45) is 4.97. The van der Waals surface area contributed by atoms with Crippen LogP contribution < -0.4 is 9.64 Å². The average Bonchev–Trinajstić information content (AvgIpc) is 3.18. The Balaban J connectivity index is 1.67. The van der Waals surface area contributed by atoms with Crippen LogP contribution in [0.15, 0.2) is 42.9 Å². The number of halogens is 2. The summed E-state index contributed by atoms with van der Waals surface area (Å²) in [6, 6.07) is 6.18. The van der Waals surface area contributed by atoms with Gasteiger partial charge in [-0.15, -0.1) is 0 Å². The van der Waals surface area contributed by atoms with Crippen LogP contribution >= 0.6 is 11.6 Å². The van der Waals surface area contributed by atoms with Crippen molar-refractivity contribution in [2.24, 2.45) is 0 Å². The highest BCUT2D eigenvalue weighted by atomic mass is 35.5. The van der Waals surface area contributed by atoms with Crippen LogP contribution in [0.1, 0.15) is 0 Å². The molecule has 0 atom stereocenters. The van der Waals surface area contributed by atoms with E-state index >= 15 is 0 Å². The van der Waals surface area contributed by atoms with Crippen molar-refractivity contribution in [2.75, 3.05) is 18.1 Å². The van der Waals surface area contributed by atoms with E-state index in [0.717, 1.165) is 11.1 Å². The fourth-order valence-electron chi connectivity index (χ4n) is 3.12. The second kappa shape index (κ2) is 6.17. The number of hydrogen-bond donors (Lipinski definition) is 1. The van der Waals surface area contributed by atoms with E-state index in [4.69, 9.17) is 16.3 Å².